The van der Waals surface area contributed by atoms with E-state index >= 15 is 0 Å². The van der Waals surface area contributed by atoms with Crippen LogP contribution in [0.2, 0.25) is 0 Å². The second-order valence-electron chi connectivity index (χ2n) is 7.32. The number of thiocarbonyl (C=S) groups is 1. The summed E-state index contributed by atoms with van der Waals surface area (Å²) in [5.41, 5.74) is 3.21. The number of anilines is 2. The predicted molar refractivity (Wildman–Crippen MR) is 137 cm³/mol. The van der Waals surface area contributed by atoms with Crippen LogP contribution in [-0.2, 0) is 9.53 Å². The van der Waals surface area contributed by atoms with E-state index in [0.29, 0.717) is 27.1 Å². The third-order valence-corrected chi connectivity index (χ3v) is 6.51. The Hall–Kier alpha value is -2.64. The van der Waals surface area contributed by atoms with Gasteiger partial charge in [0, 0.05) is 18.8 Å². The minimum atomic E-state index is -0.358. The molecule has 0 aromatic heterocycles. The van der Waals surface area contributed by atoms with Gasteiger partial charge in [0.1, 0.15) is 0 Å². The molecule has 2 aromatic rings. The maximum atomic E-state index is 13.0. The molecule has 0 saturated carbocycles. The van der Waals surface area contributed by atoms with Crippen LogP contribution in [0.25, 0.3) is 6.08 Å². The van der Waals surface area contributed by atoms with Crippen molar-refractivity contribution in [2.75, 3.05) is 29.5 Å². The van der Waals surface area contributed by atoms with Gasteiger partial charge in [-0.3, -0.25) is 9.69 Å². The summed E-state index contributed by atoms with van der Waals surface area (Å²) in [5, 5.41) is 0. The van der Waals surface area contributed by atoms with Crippen LogP contribution in [0.5, 0.6) is 0 Å². The summed E-state index contributed by atoms with van der Waals surface area (Å²) in [6, 6.07) is 14.9. The average Bonchev–Trinajstić information content (AvgIpc) is 3.08. The van der Waals surface area contributed by atoms with E-state index in [-0.39, 0.29) is 11.9 Å². The number of hydrogen-bond acceptors (Lipinski definition) is 6. The van der Waals surface area contributed by atoms with Crippen LogP contribution in [0, 0.1) is 0 Å². The van der Waals surface area contributed by atoms with Crippen molar-refractivity contribution in [2.45, 2.75) is 33.6 Å². The molecule has 0 unspecified atom stereocenters. The Morgan fingerprint density at radius 2 is 1.72 bits per heavy atom. The van der Waals surface area contributed by atoms with Gasteiger partial charge in [-0.25, -0.2) is 4.79 Å². The van der Waals surface area contributed by atoms with E-state index in [1.165, 1.54) is 16.7 Å². The second kappa shape index (κ2) is 11.3. The summed E-state index contributed by atoms with van der Waals surface area (Å²) in [4.78, 5) is 29.5. The second-order valence-corrected chi connectivity index (χ2v) is 8.99. The number of ether oxygens (including phenoxy) is 1. The molecule has 0 spiro atoms. The van der Waals surface area contributed by atoms with E-state index in [4.69, 9.17) is 17.0 Å². The molecule has 32 heavy (non-hydrogen) atoms. The highest BCUT2D eigenvalue weighted by molar-refractivity contribution is 8.27. The highest BCUT2D eigenvalue weighted by Crippen LogP contribution is 2.36. The van der Waals surface area contributed by atoms with E-state index in [1.54, 1.807) is 24.3 Å². The molecule has 5 nitrogen and oxygen atoms in total. The Bertz CT molecular complexity index is 997. The standard InChI is InChI=1S/C25H28N2O3S2/c1-4-7-16-30-24(29)19-10-14-21(15-11-19)27-23(28)22(32-25(27)31)17-18-8-12-20(13-9-18)26(5-2)6-3/h8-15,17H,4-7,16H2,1-3H3/b22-17-. The Labute approximate surface area is 199 Å². The van der Waals surface area contributed by atoms with Gasteiger partial charge in [-0.15, -0.1) is 0 Å². The van der Waals surface area contributed by atoms with Crippen LogP contribution >= 0.6 is 24.0 Å². The SMILES string of the molecule is CCCCOC(=O)c1ccc(N2C(=O)/C(=C/c3ccc(N(CC)CC)cc3)SC2=S)cc1. The first-order chi connectivity index (χ1) is 15.5. The van der Waals surface area contributed by atoms with E-state index in [0.717, 1.165) is 37.2 Å². The van der Waals surface area contributed by atoms with E-state index in [1.807, 2.05) is 25.1 Å². The third kappa shape index (κ3) is 5.58. The van der Waals surface area contributed by atoms with E-state index < -0.39 is 0 Å². The normalized spacial score (nSPS) is 14.8. The zero-order valence-corrected chi connectivity index (χ0v) is 20.3. The van der Waals surface area contributed by atoms with Crippen LogP contribution in [0.15, 0.2) is 53.4 Å². The summed E-state index contributed by atoms with van der Waals surface area (Å²) >= 11 is 6.75. The minimum absolute atomic E-state index is 0.161. The highest BCUT2D eigenvalue weighted by Gasteiger charge is 2.33. The topological polar surface area (TPSA) is 49.9 Å². The fraction of sp³-hybridized carbons (Fsp3) is 0.320. The quantitative estimate of drug-likeness (QED) is 0.198. The van der Waals surface area contributed by atoms with Crippen molar-refractivity contribution in [3.05, 3.63) is 64.6 Å². The number of nitrogens with zero attached hydrogens (tertiary/aromatic N) is 2. The maximum Gasteiger partial charge on any atom is 0.338 e. The molecule has 3 rings (SSSR count). The number of esters is 1. The van der Waals surface area contributed by atoms with Gasteiger partial charge in [0.05, 0.1) is 22.8 Å². The molecule has 1 saturated heterocycles. The van der Waals surface area contributed by atoms with Crippen molar-refractivity contribution >= 4 is 57.6 Å². The molecule has 168 valence electrons. The molecule has 1 aliphatic rings. The smallest absolute Gasteiger partial charge is 0.338 e. The lowest BCUT2D eigenvalue weighted by atomic mass is 10.1. The molecule has 1 fully saturated rings. The van der Waals surface area contributed by atoms with Crippen LogP contribution in [-0.4, -0.2) is 35.9 Å². The molecule has 2 aromatic carbocycles. The van der Waals surface area contributed by atoms with Crippen LogP contribution in [0.4, 0.5) is 11.4 Å². The Balaban J connectivity index is 1.72. The maximum absolute atomic E-state index is 13.0. The molecule has 1 heterocycles. The summed E-state index contributed by atoms with van der Waals surface area (Å²) in [7, 11) is 0. The molecule has 1 aliphatic heterocycles. The Morgan fingerprint density at radius 1 is 1.06 bits per heavy atom. The zero-order valence-electron chi connectivity index (χ0n) is 18.7. The van der Waals surface area contributed by atoms with Crippen LogP contribution in [0.1, 0.15) is 49.5 Å². The van der Waals surface area contributed by atoms with Gasteiger partial charge in [-0.05, 0) is 68.3 Å². The first-order valence-corrected chi connectivity index (χ1v) is 12.1. The van der Waals surface area contributed by atoms with Crippen molar-refractivity contribution in [1.29, 1.82) is 0 Å². The Kier molecular flexibility index (Phi) is 8.47. The van der Waals surface area contributed by atoms with Crippen molar-refractivity contribution in [1.82, 2.24) is 0 Å². The van der Waals surface area contributed by atoms with Gasteiger partial charge in [-0.2, -0.15) is 0 Å². The lowest BCUT2D eigenvalue weighted by molar-refractivity contribution is -0.113. The average molecular weight is 469 g/mol. The lowest BCUT2D eigenvalue weighted by Crippen LogP contribution is -2.27. The largest absolute Gasteiger partial charge is 0.462 e. The zero-order chi connectivity index (χ0) is 23.1. The van der Waals surface area contributed by atoms with Gasteiger partial charge in [0.15, 0.2) is 4.32 Å². The van der Waals surface area contributed by atoms with Crippen molar-refractivity contribution in [2.24, 2.45) is 0 Å². The molecule has 0 radical (unpaired) electrons. The van der Waals surface area contributed by atoms with Crippen molar-refractivity contribution in [3.8, 4) is 0 Å². The first kappa shape index (κ1) is 24.0. The fourth-order valence-electron chi connectivity index (χ4n) is 3.35. The number of unbranched alkanes of at least 4 members (excludes halogenated alkanes) is 1. The first-order valence-electron chi connectivity index (χ1n) is 10.9. The van der Waals surface area contributed by atoms with Crippen LogP contribution in [0.3, 0.4) is 0 Å². The number of benzene rings is 2. The Morgan fingerprint density at radius 3 is 2.31 bits per heavy atom. The van der Waals surface area contributed by atoms with Gasteiger partial charge >= 0.3 is 5.97 Å². The molecule has 7 heteroatoms. The van der Waals surface area contributed by atoms with Gasteiger partial charge < -0.3 is 9.64 Å². The molecular weight excluding hydrogens is 440 g/mol. The third-order valence-electron chi connectivity index (χ3n) is 5.21. The monoisotopic (exact) mass is 468 g/mol. The highest BCUT2D eigenvalue weighted by atomic mass is 32.2. The number of carbonyl (C=O) groups excluding carboxylic acids is 2. The summed E-state index contributed by atoms with van der Waals surface area (Å²) in [6.45, 7) is 8.61. The summed E-state index contributed by atoms with van der Waals surface area (Å²) in [6.07, 6.45) is 3.67. The predicted octanol–water partition coefficient (Wildman–Crippen LogP) is 5.90. The lowest BCUT2D eigenvalue weighted by Gasteiger charge is -2.20. The van der Waals surface area contributed by atoms with Gasteiger partial charge in [0.2, 0.25) is 0 Å². The number of carbonyl (C=O) groups is 2. The van der Waals surface area contributed by atoms with Gasteiger partial charge in [0.25, 0.3) is 5.91 Å². The van der Waals surface area contributed by atoms with Gasteiger partial charge in [-0.1, -0.05) is 49.5 Å². The number of thioether (sulfide) groups is 1. The van der Waals surface area contributed by atoms with E-state index in [9.17, 15) is 9.59 Å². The summed E-state index contributed by atoms with van der Waals surface area (Å²) < 4.78 is 5.71. The molecular formula is C25H28N2O3S2. The number of amides is 1. The molecule has 0 N–H and O–H groups in total. The van der Waals surface area contributed by atoms with Crippen molar-refractivity contribution < 1.29 is 14.3 Å². The number of hydrogen-bond donors (Lipinski definition) is 0. The molecule has 0 atom stereocenters. The minimum Gasteiger partial charge on any atom is -0.462 e. The number of rotatable bonds is 9. The fourth-order valence-corrected chi connectivity index (χ4v) is 4.65. The molecule has 1 amide bonds. The van der Waals surface area contributed by atoms with Crippen molar-refractivity contribution in [3.63, 3.8) is 0 Å². The summed E-state index contributed by atoms with van der Waals surface area (Å²) in [5.74, 6) is -0.519. The van der Waals surface area contributed by atoms with Crippen LogP contribution < -0.4 is 9.80 Å². The van der Waals surface area contributed by atoms with E-state index in [2.05, 4.69) is 30.9 Å². The molecule has 0 aliphatic carbocycles. The molecule has 0 bridgehead atoms.